The minimum atomic E-state index is 0.216. The molecule has 0 aromatic heterocycles. The number of phenolic OH excluding ortho intramolecular Hbond substituents is 1. The van der Waals surface area contributed by atoms with E-state index in [4.69, 9.17) is 0 Å². The lowest BCUT2D eigenvalue weighted by molar-refractivity contribution is -0.114. The molecule has 2 nitrogen and oxygen atoms in total. The van der Waals surface area contributed by atoms with E-state index in [2.05, 4.69) is 0 Å². The number of rotatable bonds is 1. The molecule has 1 aromatic carbocycles. The summed E-state index contributed by atoms with van der Waals surface area (Å²) in [6.07, 6.45) is 4.23. The van der Waals surface area contributed by atoms with Crippen molar-refractivity contribution < 1.29 is 9.90 Å². The molecule has 1 N–H and O–H groups in total. The first-order valence-electron chi connectivity index (χ1n) is 4.79. The molecule has 2 heteroatoms. The van der Waals surface area contributed by atoms with Gasteiger partial charge in [-0.25, -0.2) is 0 Å². The molecule has 0 aliphatic heterocycles. The number of aromatic hydroxyl groups is 1. The molecule has 1 fully saturated rings. The Labute approximate surface area is 82.9 Å². The van der Waals surface area contributed by atoms with Gasteiger partial charge in [0.25, 0.3) is 0 Å². The van der Waals surface area contributed by atoms with Crippen LogP contribution in [0.3, 0.4) is 0 Å². The van der Waals surface area contributed by atoms with Crippen molar-refractivity contribution in [2.24, 2.45) is 0 Å². The predicted octanol–water partition coefficient (Wildman–Crippen LogP) is 2.53. The number of carbonyl (C=O) groups is 1. The Morgan fingerprint density at radius 3 is 2.64 bits per heavy atom. The van der Waals surface area contributed by atoms with Crippen LogP contribution < -0.4 is 0 Å². The minimum Gasteiger partial charge on any atom is -0.507 e. The van der Waals surface area contributed by atoms with Gasteiger partial charge in [0, 0.05) is 12.0 Å². The van der Waals surface area contributed by atoms with Gasteiger partial charge in [-0.1, -0.05) is 18.2 Å². The van der Waals surface area contributed by atoms with Crippen LogP contribution in [-0.2, 0) is 4.79 Å². The Bertz CT molecular complexity index is 391. The maximum Gasteiger partial charge on any atom is 0.158 e. The van der Waals surface area contributed by atoms with Crippen LogP contribution in [0.1, 0.15) is 24.8 Å². The zero-order valence-electron chi connectivity index (χ0n) is 7.86. The fourth-order valence-electron chi connectivity index (χ4n) is 1.69. The molecular formula is C12H12O2. The highest BCUT2D eigenvalue weighted by molar-refractivity contribution is 6.01. The lowest BCUT2D eigenvalue weighted by atomic mass is 10.1. The van der Waals surface area contributed by atoms with E-state index >= 15 is 0 Å². The van der Waals surface area contributed by atoms with Crippen molar-refractivity contribution >= 4 is 11.9 Å². The number of hydrogen-bond donors (Lipinski definition) is 1. The van der Waals surface area contributed by atoms with Gasteiger partial charge in [-0.05, 0) is 30.6 Å². The lowest BCUT2D eigenvalue weighted by Crippen LogP contribution is -1.90. The Hall–Kier alpha value is -1.57. The highest BCUT2D eigenvalue weighted by Crippen LogP contribution is 2.26. The Morgan fingerprint density at radius 2 is 2.00 bits per heavy atom. The van der Waals surface area contributed by atoms with Crippen molar-refractivity contribution in [1.29, 1.82) is 0 Å². The largest absolute Gasteiger partial charge is 0.507 e. The lowest BCUT2D eigenvalue weighted by Gasteiger charge is -1.99. The summed E-state index contributed by atoms with van der Waals surface area (Å²) in [5.41, 5.74) is 1.57. The maximum atomic E-state index is 11.3. The number of hydrogen-bond acceptors (Lipinski definition) is 2. The van der Waals surface area contributed by atoms with Crippen molar-refractivity contribution in [2.45, 2.75) is 19.3 Å². The molecule has 0 atom stereocenters. The van der Waals surface area contributed by atoms with Gasteiger partial charge in [0.05, 0.1) is 0 Å². The summed E-state index contributed by atoms with van der Waals surface area (Å²) < 4.78 is 0. The standard InChI is InChI=1S/C12H12O2/c13-11-6-2-1-4-9(11)8-10-5-3-7-12(10)14/h1-2,4,6,8,13H,3,5,7H2/b10-8-. The zero-order chi connectivity index (χ0) is 9.97. The predicted molar refractivity (Wildman–Crippen MR) is 54.9 cm³/mol. The van der Waals surface area contributed by atoms with Crippen molar-refractivity contribution in [3.8, 4) is 5.75 Å². The molecule has 1 saturated carbocycles. The normalized spacial score (nSPS) is 19.1. The number of para-hydroxylation sites is 1. The quantitative estimate of drug-likeness (QED) is 0.687. The SMILES string of the molecule is O=C1CCC/C1=C/c1ccccc1O. The number of benzene rings is 1. The average molecular weight is 188 g/mol. The van der Waals surface area contributed by atoms with Crippen LogP contribution in [0.2, 0.25) is 0 Å². The van der Waals surface area contributed by atoms with Gasteiger partial charge in [-0.3, -0.25) is 4.79 Å². The van der Waals surface area contributed by atoms with Gasteiger partial charge in [0.15, 0.2) is 5.78 Å². The summed E-state index contributed by atoms with van der Waals surface area (Å²) in [5.74, 6) is 0.452. The monoisotopic (exact) mass is 188 g/mol. The first-order valence-corrected chi connectivity index (χ1v) is 4.79. The van der Waals surface area contributed by atoms with Crippen LogP contribution >= 0.6 is 0 Å². The van der Waals surface area contributed by atoms with Gasteiger partial charge < -0.3 is 5.11 Å². The summed E-state index contributed by atoms with van der Waals surface area (Å²) in [6, 6.07) is 7.07. The topological polar surface area (TPSA) is 37.3 Å². The molecule has 14 heavy (non-hydrogen) atoms. The molecular weight excluding hydrogens is 176 g/mol. The maximum absolute atomic E-state index is 11.3. The molecule has 72 valence electrons. The van der Waals surface area contributed by atoms with Crippen LogP contribution in [0.4, 0.5) is 0 Å². The van der Waals surface area contributed by atoms with Crippen LogP contribution in [-0.4, -0.2) is 10.9 Å². The van der Waals surface area contributed by atoms with E-state index in [1.54, 1.807) is 18.2 Å². The first kappa shape index (κ1) is 9.00. The second kappa shape index (κ2) is 3.66. The van der Waals surface area contributed by atoms with Crippen molar-refractivity contribution in [3.63, 3.8) is 0 Å². The number of allylic oxidation sites excluding steroid dienone is 1. The van der Waals surface area contributed by atoms with Crippen LogP contribution in [0.5, 0.6) is 5.75 Å². The van der Waals surface area contributed by atoms with Crippen LogP contribution in [0.25, 0.3) is 6.08 Å². The minimum absolute atomic E-state index is 0.216. The molecule has 1 aliphatic rings. The molecule has 0 saturated heterocycles. The fraction of sp³-hybridized carbons (Fsp3) is 0.250. The van der Waals surface area contributed by atoms with Gasteiger partial charge >= 0.3 is 0 Å². The van der Waals surface area contributed by atoms with E-state index in [-0.39, 0.29) is 11.5 Å². The summed E-state index contributed by atoms with van der Waals surface area (Å²) in [7, 11) is 0. The van der Waals surface area contributed by atoms with Gasteiger partial charge in [-0.2, -0.15) is 0 Å². The molecule has 1 aromatic rings. The zero-order valence-corrected chi connectivity index (χ0v) is 7.86. The molecule has 0 amide bonds. The first-order chi connectivity index (χ1) is 6.77. The summed E-state index contributed by atoms with van der Waals surface area (Å²) in [5, 5.41) is 9.50. The third-order valence-electron chi connectivity index (χ3n) is 2.47. The Balaban J connectivity index is 2.33. The van der Waals surface area contributed by atoms with E-state index in [9.17, 15) is 9.90 Å². The van der Waals surface area contributed by atoms with E-state index in [0.29, 0.717) is 6.42 Å². The van der Waals surface area contributed by atoms with Gasteiger partial charge in [-0.15, -0.1) is 0 Å². The van der Waals surface area contributed by atoms with E-state index in [0.717, 1.165) is 24.0 Å². The van der Waals surface area contributed by atoms with E-state index in [1.807, 2.05) is 12.1 Å². The number of phenols is 1. The highest BCUT2D eigenvalue weighted by Gasteiger charge is 2.16. The molecule has 0 bridgehead atoms. The smallest absolute Gasteiger partial charge is 0.158 e. The van der Waals surface area contributed by atoms with Crippen LogP contribution in [0.15, 0.2) is 29.8 Å². The second-order valence-corrected chi connectivity index (χ2v) is 3.51. The molecule has 0 spiro atoms. The van der Waals surface area contributed by atoms with Crippen molar-refractivity contribution in [2.75, 3.05) is 0 Å². The summed E-state index contributed by atoms with van der Waals surface area (Å²) in [4.78, 5) is 11.3. The third kappa shape index (κ3) is 1.69. The molecule has 0 heterocycles. The van der Waals surface area contributed by atoms with Gasteiger partial charge in [0.2, 0.25) is 0 Å². The summed E-state index contributed by atoms with van der Waals surface area (Å²) in [6.45, 7) is 0. The van der Waals surface area contributed by atoms with E-state index in [1.165, 1.54) is 0 Å². The third-order valence-corrected chi connectivity index (χ3v) is 2.47. The second-order valence-electron chi connectivity index (χ2n) is 3.51. The number of Topliss-reactive ketones (excluding diaryl/α,β-unsaturated/α-hetero) is 1. The van der Waals surface area contributed by atoms with Gasteiger partial charge in [0.1, 0.15) is 5.75 Å². The van der Waals surface area contributed by atoms with Crippen molar-refractivity contribution in [3.05, 3.63) is 35.4 Å². The Kier molecular flexibility index (Phi) is 2.35. The molecule has 0 unspecified atom stereocenters. The summed E-state index contributed by atoms with van der Waals surface area (Å²) >= 11 is 0. The fourth-order valence-corrected chi connectivity index (χ4v) is 1.69. The van der Waals surface area contributed by atoms with E-state index < -0.39 is 0 Å². The van der Waals surface area contributed by atoms with Crippen LogP contribution in [0, 0.1) is 0 Å². The average Bonchev–Trinajstić information content (AvgIpc) is 2.56. The molecule has 2 rings (SSSR count). The Morgan fingerprint density at radius 1 is 1.21 bits per heavy atom. The molecule has 0 radical (unpaired) electrons. The van der Waals surface area contributed by atoms with Crippen molar-refractivity contribution in [1.82, 2.24) is 0 Å². The number of ketones is 1. The number of carbonyl (C=O) groups excluding carboxylic acids is 1. The molecule has 1 aliphatic carbocycles. The highest BCUT2D eigenvalue weighted by atomic mass is 16.3.